The maximum Gasteiger partial charge on any atom is 0.244 e. The Morgan fingerprint density at radius 3 is 2.31 bits per heavy atom. The SMILES string of the molecule is CC[C@H](C(=O)NC1CCCCC1)N(Cc1ccccc1Cl)C(=O)CN(c1ccc(OC)c(OC)c1)S(C)(=O)=O. The molecule has 0 unspecified atom stereocenters. The molecule has 9 nitrogen and oxygen atoms in total. The first-order chi connectivity index (χ1) is 18.6. The van der Waals surface area contributed by atoms with Gasteiger partial charge in [-0.05, 0) is 43.0 Å². The molecule has 0 saturated heterocycles. The van der Waals surface area contributed by atoms with Crippen LogP contribution in [0.3, 0.4) is 0 Å². The summed E-state index contributed by atoms with van der Waals surface area (Å²) in [5.41, 5.74) is 0.898. The van der Waals surface area contributed by atoms with Gasteiger partial charge < -0.3 is 19.7 Å². The topological polar surface area (TPSA) is 105 Å². The number of anilines is 1. The number of carbonyl (C=O) groups is 2. The van der Waals surface area contributed by atoms with Crippen molar-refractivity contribution < 1.29 is 27.5 Å². The van der Waals surface area contributed by atoms with Crippen molar-refractivity contribution in [1.82, 2.24) is 10.2 Å². The Morgan fingerprint density at radius 1 is 1.05 bits per heavy atom. The lowest BCUT2D eigenvalue weighted by Gasteiger charge is -2.34. The molecular formula is C28H38ClN3O6S. The number of sulfonamides is 1. The number of hydrogen-bond donors (Lipinski definition) is 1. The third-order valence-electron chi connectivity index (χ3n) is 6.97. The maximum atomic E-state index is 13.9. The lowest BCUT2D eigenvalue weighted by atomic mass is 9.95. The van der Waals surface area contributed by atoms with Gasteiger partial charge in [0.2, 0.25) is 21.8 Å². The van der Waals surface area contributed by atoms with Gasteiger partial charge in [0.05, 0.1) is 26.2 Å². The van der Waals surface area contributed by atoms with Gasteiger partial charge in [-0.25, -0.2) is 8.42 Å². The Morgan fingerprint density at radius 2 is 1.72 bits per heavy atom. The Kier molecular flexibility index (Phi) is 10.9. The fourth-order valence-corrected chi connectivity index (χ4v) is 5.90. The molecule has 11 heteroatoms. The van der Waals surface area contributed by atoms with Crippen LogP contribution < -0.4 is 19.1 Å². The van der Waals surface area contributed by atoms with Crippen LogP contribution in [-0.2, 0) is 26.2 Å². The normalized spacial score (nSPS) is 14.8. The number of amides is 2. The van der Waals surface area contributed by atoms with E-state index in [0.717, 1.165) is 42.7 Å². The molecular weight excluding hydrogens is 542 g/mol. The second kappa shape index (κ2) is 13.9. The van der Waals surface area contributed by atoms with E-state index in [1.807, 2.05) is 6.92 Å². The van der Waals surface area contributed by atoms with Crippen LogP contribution in [0.1, 0.15) is 51.0 Å². The van der Waals surface area contributed by atoms with Crippen LogP contribution in [0.25, 0.3) is 0 Å². The molecule has 2 amide bonds. The van der Waals surface area contributed by atoms with Crippen molar-refractivity contribution in [3.8, 4) is 11.5 Å². The minimum absolute atomic E-state index is 0.0542. The molecule has 1 aliphatic carbocycles. The number of rotatable bonds is 12. The van der Waals surface area contributed by atoms with Crippen molar-refractivity contribution in [2.45, 2.75) is 64.1 Å². The smallest absolute Gasteiger partial charge is 0.244 e. The summed E-state index contributed by atoms with van der Waals surface area (Å²) >= 11 is 6.42. The zero-order chi connectivity index (χ0) is 28.6. The van der Waals surface area contributed by atoms with Gasteiger partial charge in [0.15, 0.2) is 11.5 Å². The Labute approximate surface area is 236 Å². The van der Waals surface area contributed by atoms with Crippen molar-refractivity contribution in [2.24, 2.45) is 0 Å². The van der Waals surface area contributed by atoms with Gasteiger partial charge in [-0.2, -0.15) is 0 Å². The highest BCUT2D eigenvalue weighted by Gasteiger charge is 2.33. The summed E-state index contributed by atoms with van der Waals surface area (Å²) in [6, 6.07) is 11.0. The summed E-state index contributed by atoms with van der Waals surface area (Å²) in [5.74, 6) is -0.0308. The zero-order valence-electron chi connectivity index (χ0n) is 23.0. The fourth-order valence-electron chi connectivity index (χ4n) is 4.87. The van der Waals surface area contributed by atoms with E-state index < -0.39 is 28.5 Å². The molecule has 39 heavy (non-hydrogen) atoms. The number of benzene rings is 2. The Hall–Kier alpha value is -2.98. The van der Waals surface area contributed by atoms with Crippen molar-refractivity contribution in [2.75, 3.05) is 31.3 Å². The maximum absolute atomic E-state index is 13.9. The van der Waals surface area contributed by atoms with E-state index in [1.165, 1.54) is 25.2 Å². The lowest BCUT2D eigenvalue weighted by molar-refractivity contribution is -0.140. The van der Waals surface area contributed by atoms with Crippen LogP contribution in [0.2, 0.25) is 5.02 Å². The molecule has 0 aromatic heterocycles. The average molecular weight is 580 g/mol. The van der Waals surface area contributed by atoms with E-state index in [9.17, 15) is 18.0 Å². The molecule has 2 aromatic rings. The molecule has 0 spiro atoms. The first kappa shape index (κ1) is 30.6. The van der Waals surface area contributed by atoms with Crippen molar-refractivity contribution >= 4 is 39.1 Å². The number of methoxy groups -OCH3 is 2. The second-order valence-electron chi connectivity index (χ2n) is 9.69. The van der Waals surface area contributed by atoms with Crippen LogP contribution in [0.15, 0.2) is 42.5 Å². The molecule has 1 aliphatic rings. The molecule has 0 heterocycles. The number of nitrogens with zero attached hydrogens (tertiary/aromatic N) is 2. The van der Waals surface area contributed by atoms with E-state index in [2.05, 4.69) is 5.32 Å². The number of hydrogen-bond acceptors (Lipinski definition) is 6. The van der Waals surface area contributed by atoms with Gasteiger partial charge in [-0.15, -0.1) is 0 Å². The molecule has 1 fully saturated rings. The van der Waals surface area contributed by atoms with E-state index >= 15 is 0 Å². The summed E-state index contributed by atoms with van der Waals surface area (Å²) in [6.45, 7) is 1.38. The largest absolute Gasteiger partial charge is 0.493 e. The Balaban J connectivity index is 1.95. The molecule has 0 bridgehead atoms. The van der Waals surface area contributed by atoms with Gasteiger partial charge >= 0.3 is 0 Å². The quantitative estimate of drug-likeness (QED) is 0.400. The summed E-state index contributed by atoms with van der Waals surface area (Å²) in [5, 5.41) is 3.58. The van der Waals surface area contributed by atoms with Crippen molar-refractivity contribution in [1.29, 1.82) is 0 Å². The van der Waals surface area contributed by atoms with Crippen LogP contribution >= 0.6 is 11.6 Å². The highest BCUT2D eigenvalue weighted by atomic mass is 35.5. The summed E-state index contributed by atoms with van der Waals surface area (Å²) in [4.78, 5) is 28.8. The van der Waals surface area contributed by atoms with Crippen LogP contribution in [0.5, 0.6) is 11.5 Å². The van der Waals surface area contributed by atoms with Crippen LogP contribution in [0.4, 0.5) is 5.69 Å². The average Bonchev–Trinajstić information content (AvgIpc) is 2.92. The highest BCUT2D eigenvalue weighted by molar-refractivity contribution is 7.92. The first-order valence-corrected chi connectivity index (χ1v) is 15.3. The molecule has 0 radical (unpaired) electrons. The Bertz CT molecular complexity index is 1250. The minimum Gasteiger partial charge on any atom is -0.493 e. The van der Waals surface area contributed by atoms with E-state index in [0.29, 0.717) is 28.5 Å². The standard InChI is InChI=1S/C28H38ClN3O6S/c1-5-24(28(34)30-21-12-7-6-8-13-21)31(18-20-11-9-10-14-23(20)29)27(33)19-32(39(4,35)36)22-15-16-25(37-2)26(17-22)38-3/h9-11,14-17,21,24H,5-8,12-13,18-19H2,1-4H3,(H,30,34)/t24-/m1/s1. The van der Waals surface area contributed by atoms with Gasteiger partial charge in [-0.3, -0.25) is 13.9 Å². The van der Waals surface area contributed by atoms with Crippen LogP contribution in [-0.4, -0.2) is 64.2 Å². The van der Waals surface area contributed by atoms with Gasteiger partial charge in [0.25, 0.3) is 0 Å². The molecule has 2 aromatic carbocycles. The van der Waals surface area contributed by atoms with Crippen LogP contribution in [0, 0.1) is 0 Å². The predicted octanol–water partition coefficient (Wildman–Crippen LogP) is 4.38. The second-order valence-corrected chi connectivity index (χ2v) is 12.0. The van der Waals surface area contributed by atoms with E-state index in [1.54, 1.807) is 36.4 Å². The fraction of sp³-hybridized carbons (Fsp3) is 0.500. The molecule has 1 N–H and O–H groups in total. The molecule has 1 saturated carbocycles. The number of halogens is 1. The third kappa shape index (κ3) is 8.02. The number of nitrogens with one attached hydrogen (secondary N) is 1. The molecule has 214 valence electrons. The predicted molar refractivity (Wildman–Crippen MR) is 153 cm³/mol. The molecule has 3 rings (SSSR count). The van der Waals surface area contributed by atoms with Gasteiger partial charge in [0, 0.05) is 23.7 Å². The summed E-state index contributed by atoms with van der Waals surface area (Å²) in [7, 11) is -0.963. The highest BCUT2D eigenvalue weighted by Crippen LogP contribution is 2.32. The summed E-state index contributed by atoms with van der Waals surface area (Å²) in [6.07, 6.45) is 6.45. The van der Waals surface area contributed by atoms with E-state index in [-0.39, 0.29) is 24.2 Å². The van der Waals surface area contributed by atoms with E-state index in [4.69, 9.17) is 21.1 Å². The molecule has 0 aliphatic heterocycles. The van der Waals surface area contributed by atoms with Gasteiger partial charge in [-0.1, -0.05) is 56.0 Å². The van der Waals surface area contributed by atoms with Gasteiger partial charge in [0.1, 0.15) is 12.6 Å². The third-order valence-corrected chi connectivity index (χ3v) is 8.48. The van der Waals surface area contributed by atoms with Crippen molar-refractivity contribution in [3.63, 3.8) is 0 Å². The minimum atomic E-state index is -3.88. The lowest BCUT2D eigenvalue weighted by Crippen LogP contribution is -2.54. The monoisotopic (exact) mass is 579 g/mol. The zero-order valence-corrected chi connectivity index (χ0v) is 24.6. The number of ether oxygens (including phenoxy) is 2. The number of carbonyl (C=O) groups excluding carboxylic acids is 2. The molecule has 1 atom stereocenters. The summed E-state index contributed by atoms with van der Waals surface area (Å²) < 4.78 is 37.4. The first-order valence-electron chi connectivity index (χ1n) is 13.1. The van der Waals surface area contributed by atoms with Crippen molar-refractivity contribution in [3.05, 3.63) is 53.1 Å².